The molecule has 1 N–H and O–H groups in total. The van der Waals surface area contributed by atoms with E-state index in [1.807, 2.05) is 29.1 Å². The highest BCUT2D eigenvalue weighted by molar-refractivity contribution is 6.34. The van der Waals surface area contributed by atoms with Crippen molar-refractivity contribution in [3.05, 3.63) is 52.3 Å². The second-order valence-corrected chi connectivity index (χ2v) is 4.60. The zero-order valence-corrected chi connectivity index (χ0v) is 10.7. The Morgan fingerprint density at radius 2 is 1.94 bits per heavy atom. The van der Waals surface area contributed by atoms with Gasteiger partial charge in [-0.2, -0.15) is 5.10 Å². The van der Waals surface area contributed by atoms with Crippen LogP contribution in [0, 0.1) is 0 Å². The van der Waals surface area contributed by atoms with Crippen LogP contribution in [0.25, 0.3) is 0 Å². The first kappa shape index (κ1) is 12.4. The molecule has 1 aromatic heterocycles. The molecule has 3 nitrogen and oxygen atoms in total. The Morgan fingerprint density at radius 1 is 1.18 bits per heavy atom. The number of rotatable bonds is 5. The molecule has 1 heterocycles. The van der Waals surface area contributed by atoms with Crippen molar-refractivity contribution in [3.63, 3.8) is 0 Å². The number of nitrogens with one attached hydrogen (secondary N) is 1. The summed E-state index contributed by atoms with van der Waals surface area (Å²) in [6.07, 6.45) is 3.72. The molecule has 0 bridgehead atoms. The van der Waals surface area contributed by atoms with E-state index in [1.54, 1.807) is 12.3 Å². The van der Waals surface area contributed by atoms with E-state index in [4.69, 9.17) is 23.2 Å². The maximum absolute atomic E-state index is 5.92. The largest absolute Gasteiger partial charge is 0.311 e. The van der Waals surface area contributed by atoms with Crippen LogP contribution in [0.5, 0.6) is 0 Å². The Morgan fingerprint density at radius 3 is 2.59 bits per heavy atom. The van der Waals surface area contributed by atoms with Gasteiger partial charge in [0.1, 0.15) is 0 Å². The van der Waals surface area contributed by atoms with E-state index in [0.717, 1.165) is 25.2 Å². The molecule has 0 saturated carbocycles. The van der Waals surface area contributed by atoms with Crippen LogP contribution in [0.15, 0.2) is 36.7 Å². The molecule has 0 unspecified atom stereocenters. The third-order valence-corrected chi connectivity index (χ3v) is 2.76. The number of hydrogen-bond donors (Lipinski definition) is 1. The first-order chi connectivity index (χ1) is 8.24. The van der Waals surface area contributed by atoms with Crippen LogP contribution in [-0.4, -0.2) is 16.3 Å². The first-order valence-corrected chi connectivity index (χ1v) is 6.13. The van der Waals surface area contributed by atoms with Gasteiger partial charge in [-0.1, -0.05) is 23.2 Å². The minimum absolute atomic E-state index is 0.668. The van der Waals surface area contributed by atoms with Crippen LogP contribution in [-0.2, 0) is 13.1 Å². The van der Waals surface area contributed by atoms with Crippen molar-refractivity contribution in [1.82, 2.24) is 15.1 Å². The van der Waals surface area contributed by atoms with Crippen LogP contribution in [0.3, 0.4) is 0 Å². The summed E-state index contributed by atoms with van der Waals surface area (Å²) in [5, 5.41) is 8.78. The van der Waals surface area contributed by atoms with Gasteiger partial charge in [0, 0.05) is 35.5 Å². The summed E-state index contributed by atoms with van der Waals surface area (Å²) in [5.74, 6) is 0. The van der Waals surface area contributed by atoms with Gasteiger partial charge < -0.3 is 5.32 Å². The summed E-state index contributed by atoms with van der Waals surface area (Å²) in [7, 11) is 0. The number of hydrogen-bond acceptors (Lipinski definition) is 2. The number of halogens is 2. The van der Waals surface area contributed by atoms with Crippen LogP contribution in [0.2, 0.25) is 10.0 Å². The van der Waals surface area contributed by atoms with Gasteiger partial charge in [-0.05, 0) is 29.8 Å². The van der Waals surface area contributed by atoms with Crippen molar-refractivity contribution in [2.75, 3.05) is 6.54 Å². The molecule has 2 rings (SSSR count). The quantitative estimate of drug-likeness (QED) is 0.846. The third-order valence-electron chi connectivity index (χ3n) is 2.33. The zero-order chi connectivity index (χ0) is 12.1. The zero-order valence-electron chi connectivity index (χ0n) is 9.24. The molecule has 0 aliphatic heterocycles. The smallest absolute Gasteiger partial charge is 0.0534 e. The van der Waals surface area contributed by atoms with Gasteiger partial charge in [-0.3, -0.25) is 4.68 Å². The molecule has 0 saturated heterocycles. The second kappa shape index (κ2) is 6.05. The third kappa shape index (κ3) is 4.04. The maximum atomic E-state index is 5.92. The SMILES string of the molecule is Clc1cc(Cl)cc(CNCCn2cccn2)c1. The number of nitrogens with zero attached hydrogens (tertiary/aromatic N) is 2. The van der Waals surface area contributed by atoms with Gasteiger partial charge in [-0.25, -0.2) is 0 Å². The van der Waals surface area contributed by atoms with E-state index < -0.39 is 0 Å². The molecule has 0 aliphatic carbocycles. The molecule has 2 aromatic rings. The molecular formula is C12H13Cl2N3. The van der Waals surface area contributed by atoms with Crippen LogP contribution >= 0.6 is 23.2 Å². The van der Waals surface area contributed by atoms with E-state index in [2.05, 4.69) is 10.4 Å². The maximum Gasteiger partial charge on any atom is 0.0534 e. The molecule has 1 aromatic carbocycles. The van der Waals surface area contributed by atoms with E-state index in [9.17, 15) is 0 Å². The van der Waals surface area contributed by atoms with Crippen molar-refractivity contribution in [2.45, 2.75) is 13.1 Å². The van der Waals surface area contributed by atoms with Crippen molar-refractivity contribution in [2.24, 2.45) is 0 Å². The lowest BCUT2D eigenvalue weighted by Crippen LogP contribution is -2.19. The monoisotopic (exact) mass is 269 g/mol. The molecule has 0 amide bonds. The topological polar surface area (TPSA) is 29.9 Å². The Balaban J connectivity index is 1.78. The molecule has 0 radical (unpaired) electrons. The van der Waals surface area contributed by atoms with E-state index >= 15 is 0 Å². The van der Waals surface area contributed by atoms with E-state index in [-0.39, 0.29) is 0 Å². The average Bonchev–Trinajstić information content (AvgIpc) is 2.76. The van der Waals surface area contributed by atoms with Gasteiger partial charge in [0.15, 0.2) is 0 Å². The van der Waals surface area contributed by atoms with Crippen LogP contribution in [0.4, 0.5) is 0 Å². The van der Waals surface area contributed by atoms with E-state index in [1.165, 1.54) is 0 Å². The highest BCUT2D eigenvalue weighted by Gasteiger charge is 1.98. The Bertz CT molecular complexity index is 448. The molecule has 0 spiro atoms. The fourth-order valence-corrected chi connectivity index (χ4v) is 2.14. The number of aromatic nitrogens is 2. The minimum Gasteiger partial charge on any atom is -0.311 e. The fraction of sp³-hybridized carbons (Fsp3) is 0.250. The van der Waals surface area contributed by atoms with Gasteiger partial charge in [0.25, 0.3) is 0 Å². The summed E-state index contributed by atoms with van der Waals surface area (Å²) in [6, 6.07) is 7.47. The lowest BCUT2D eigenvalue weighted by atomic mass is 10.2. The molecule has 0 aliphatic rings. The lowest BCUT2D eigenvalue weighted by Gasteiger charge is -2.06. The predicted octanol–water partition coefficient (Wildman–Crippen LogP) is 2.98. The van der Waals surface area contributed by atoms with E-state index in [0.29, 0.717) is 10.0 Å². The summed E-state index contributed by atoms with van der Waals surface area (Å²) < 4.78 is 1.89. The van der Waals surface area contributed by atoms with Crippen molar-refractivity contribution >= 4 is 23.2 Å². The Hall–Kier alpha value is -1.03. The summed E-state index contributed by atoms with van der Waals surface area (Å²) in [4.78, 5) is 0. The molecule has 5 heteroatoms. The first-order valence-electron chi connectivity index (χ1n) is 5.37. The normalized spacial score (nSPS) is 10.7. The van der Waals surface area contributed by atoms with Gasteiger partial charge in [-0.15, -0.1) is 0 Å². The summed E-state index contributed by atoms with van der Waals surface area (Å²) in [6.45, 7) is 2.45. The van der Waals surface area contributed by atoms with Crippen molar-refractivity contribution in [3.8, 4) is 0 Å². The minimum atomic E-state index is 0.668. The fourth-order valence-electron chi connectivity index (χ4n) is 1.57. The highest BCUT2D eigenvalue weighted by Crippen LogP contribution is 2.18. The molecule has 0 fully saturated rings. The Kier molecular flexibility index (Phi) is 4.42. The average molecular weight is 270 g/mol. The second-order valence-electron chi connectivity index (χ2n) is 3.72. The van der Waals surface area contributed by atoms with Crippen LogP contribution < -0.4 is 5.32 Å². The number of benzene rings is 1. The highest BCUT2D eigenvalue weighted by atomic mass is 35.5. The summed E-state index contributed by atoms with van der Waals surface area (Å²) >= 11 is 11.8. The van der Waals surface area contributed by atoms with Crippen molar-refractivity contribution in [1.29, 1.82) is 0 Å². The van der Waals surface area contributed by atoms with Crippen LogP contribution in [0.1, 0.15) is 5.56 Å². The lowest BCUT2D eigenvalue weighted by molar-refractivity contribution is 0.555. The molecule has 0 atom stereocenters. The van der Waals surface area contributed by atoms with Gasteiger partial charge in [0.2, 0.25) is 0 Å². The molecule has 90 valence electrons. The molecule has 17 heavy (non-hydrogen) atoms. The summed E-state index contributed by atoms with van der Waals surface area (Å²) in [5.41, 5.74) is 1.09. The predicted molar refractivity (Wildman–Crippen MR) is 70.4 cm³/mol. The standard InChI is InChI=1S/C12H13Cl2N3/c13-11-6-10(7-12(14)8-11)9-15-3-5-17-4-1-2-16-17/h1-2,4,6-8,15H,3,5,9H2. The Labute approximate surface area is 110 Å². The van der Waals surface area contributed by atoms with Gasteiger partial charge in [0.05, 0.1) is 6.54 Å². The van der Waals surface area contributed by atoms with Crippen molar-refractivity contribution < 1.29 is 0 Å². The van der Waals surface area contributed by atoms with Gasteiger partial charge >= 0.3 is 0 Å². The molecular weight excluding hydrogens is 257 g/mol.